The molecule has 2 aromatic carbocycles. The number of oxime groups is 1. The summed E-state index contributed by atoms with van der Waals surface area (Å²) >= 11 is 7.11. The van der Waals surface area contributed by atoms with Crippen LogP contribution in [0.5, 0.6) is 17.2 Å². The van der Waals surface area contributed by atoms with Crippen molar-refractivity contribution in [1.82, 2.24) is 0 Å². The maximum Gasteiger partial charge on any atom is 0.312 e. The number of ether oxygens (including phenoxy) is 3. The molecular weight excluding hydrogens is 530 g/mol. The summed E-state index contributed by atoms with van der Waals surface area (Å²) in [7, 11) is 1.66. The predicted octanol–water partition coefficient (Wildman–Crippen LogP) is 6.69. The van der Waals surface area contributed by atoms with Crippen LogP contribution in [-0.4, -0.2) is 32.5 Å². The predicted molar refractivity (Wildman–Crippen MR) is 128 cm³/mol. The maximum absolute atomic E-state index is 11.6. The maximum atomic E-state index is 11.6. The van der Waals surface area contributed by atoms with Gasteiger partial charge < -0.3 is 19.0 Å². The molecular formula is C23H27Br2NO5. The van der Waals surface area contributed by atoms with E-state index in [1.807, 2.05) is 30.3 Å². The molecule has 0 heterocycles. The van der Waals surface area contributed by atoms with Gasteiger partial charge in [0, 0.05) is 5.56 Å². The molecule has 0 spiro atoms. The highest BCUT2D eigenvalue weighted by molar-refractivity contribution is 9.11. The molecule has 0 aliphatic heterocycles. The van der Waals surface area contributed by atoms with Gasteiger partial charge in [0.2, 0.25) is 0 Å². The molecule has 6 nitrogen and oxygen atoms in total. The van der Waals surface area contributed by atoms with Crippen LogP contribution in [0.25, 0.3) is 0 Å². The summed E-state index contributed by atoms with van der Waals surface area (Å²) < 4.78 is 18.0. The Morgan fingerprint density at radius 2 is 1.81 bits per heavy atom. The first kappa shape index (κ1) is 25.2. The molecule has 1 atom stereocenters. The molecule has 8 heteroatoms. The van der Waals surface area contributed by atoms with E-state index in [1.165, 1.54) is 0 Å². The second kappa shape index (κ2) is 12.1. The van der Waals surface area contributed by atoms with Crippen molar-refractivity contribution in [3.63, 3.8) is 0 Å². The molecule has 168 valence electrons. The first-order valence-electron chi connectivity index (χ1n) is 9.93. The van der Waals surface area contributed by atoms with E-state index in [4.69, 9.17) is 19.0 Å². The lowest BCUT2D eigenvalue weighted by molar-refractivity contribution is -0.149. The summed E-state index contributed by atoms with van der Waals surface area (Å²) in [5.41, 5.74) is 1.87. The molecule has 0 fully saturated rings. The molecule has 0 radical (unpaired) electrons. The zero-order valence-electron chi connectivity index (χ0n) is 18.3. The van der Waals surface area contributed by atoms with E-state index in [0.29, 0.717) is 24.0 Å². The quantitative estimate of drug-likeness (QED) is 0.185. The summed E-state index contributed by atoms with van der Waals surface area (Å²) in [6, 6.07) is 9.50. The monoisotopic (exact) mass is 555 g/mol. The molecule has 31 heavy (non-hydrogen) atoms. The van der Waals surface area contributed by atoms with Crippen LogP contribution >= 0.6 is 31.9 Å². The van der Waals surface area contributed by atoms with Gasteiger partial charge in [-0.25, -0.2) is 0 Å². The normalized spacial score (nSPS) is 12.1. The van der Waals surface area contributed by atoms with Crippen LogP contribution in [-0.2, 0) is 14.4 Å². The van der Waals surface area contributed by atoms with Crippen molar-refractivity contribution in [1.29, 1.82) is 0 Å². The fraction of sp³-hybridized carbons (Fsp3) is 0.391. The molecule has 0 amide bonds. The number of methoxy groups -OCH3 is 1. The van der Waals surface area contributed by atoms with Gasteiger partial charge in [-0.15, -0.1) is 0 Å². The smallest absolute Gasteiger partial charge is 0.312 e. The minimum atomic E-state index is -0.383. The van der Waals surface area contributed by atoms with Crippen molar-refractivity contribution in [2.45, 2.75) is 33.6 Å². The third kappa shape index (κ3) is 7.25. The number of carbonyl (C=O) groups excluding carboxylic acids is 1. The van der Waals surface area contributed by atoms with Gasteiger partial charge in [0.1, 0.15) is 18.1 Å². The fourth-order valence-electron chi connectivity index (χ4n) is 2.70. The second-order valence-electron chi connectivity index (χ2n) is 7.16. The van der Waals surface area contributed by atoms with Gasteiger partial charge in [-0.3, -0.25) is 4.79 Å². The minimum absolute atomic E-state index is 0.147. The Hall–Kier alpha value is -2.06. The summed E-state index contributed by atoms with van der Waals surface area (Å²) in [6.45, 7) is 8.21. The number of esters is 1. The van der Waals surface area contributed by atoms with Gasteiger partial charge in [0.05, 0.1) is 34.8 Å². The molecule has 0 N–H and O–H groups in total. The van der Waals surface area contributed by atoms with Crippen molar-refractivity contribution in [3.05, 3.63) is 50.4 Å². The van der Waals surface area contributed by atoms with E-state index in [0.717, 1.165) is 25.8 Å². The van der Waals surface area contributed by atoms with Crippen LogP contribution in [0.2, 0.25) is 0 Å². The van der Waals surface area contributed by atoms with Crippen LogP contribution in [0.15, 0.2) is 44.4 Å². The van der Waals surface area contributed by atoms with E-state index in [1.54, 1.807) is 27.2 Å². The zero-order valence-corrected chi connectivity index (χ0v) is 21.4. The Morgan fingerprint density at radius 1 is 1.13 bits per heavy atom. The number of carbonyl (C=O) groups is 1. The summed E-state index contributed by atoms with van der Waals surface area (Å²) in [5, 5.41) is 3.94. The molecule has 0 saturated carbocycles. The Labute approximate surface area is 200 Å². The molecule has 0 aliphatic carbocycles. The van der Waals surface area contributed by atoms with Gasteiger partial charge in [0.25, 0.3) is 0 Å². The van der Waals surface area contributed by atoms with E-state index in [9.17, 15) is 4.79 Å². The molecule has 0 aliphatic rings. The molecule has 0 aromatic heterocycles. The Bertz CT molecular complexity index is 907. The number of hydrogen-bond acceptors (Lipinski definition) is 6. The third-order valence-corrected chi connectivity index (χ3v) is 5.53. The SMILES string of the molecule is CCOC(=O)C(C)CO/N=C/c1cc(Br)c(Oc2ccc(OC)c(C(C)C)c2)c(Br)c1. The molecule has 2 aromatic rings. The van der Waals surface area contributed by atoms with Crippen molar-refractivity contribution in [3.8, 4) is 17.2 Å². The highest BCUT2D eigenvalue weighted by atomic mass is 79.9. The van der Waals surface area contributed by atoms with Gasteiger partial charge in [-0.2, -0.15) is 0 Å². The number of nitrogens with zero attached hydrogens (tertiary/aromatic N) is 1. The molecule has 1 unspecified atom stereocenters. The van der Waals surface area contributed by atoms with Crippen molar-refractivity contribution < 1.29 is 23.8 Å². The highest BCUT2D eigenvalue weighted by Crippen LogP contribution is 2.39. The molecule has 0 bridgehead atoms. The number of hydrogen-bond donors (Lipinski definition) is 0. The second-order valence-corrected chi connectivity index (χ2v) is 8.87. The summed E-state index contributed by atoms with van der Waals surface area (Å²) in [6.07, 6.45) is 1.57. The molecule has 0 saturated heterocycles. The first-order chi connectivity index (χ1) is 14.8. The third-order valence-electron chi connectivity index (χ3n) is 4.35. The average molecular weight is 557 g/mol. The Balaban J connectivity index is 2.09. The summed E-state index contributed by atoms with van der Waals surface area (Å²) in [4.78, 5) is 16.8. The van der Waals surface area contributed by atoms with Crippen LogP contribution in [0.4, 0.5) is 0 Å². The van der Waals surface area contributed by atoms with E-state index in [2.05, 4.69) is 50.9 Å². The lowest BCUT2D eigenvalue weighted by Crippen LogP contribution is -2.18. The fourth-order valence-corrected chi connectivity index (χ4v) is 4.09. The van der Waals surface area contributed by atoms with Gasteiger partial charge in [0.15, 0.2) is 5.75 Å². The zero-order chi connectivity index (χ0) is 23.0. The van der Waals surface area contributed by atoms with Crippen LogP contribution in [0.1, 0.15) is 44.7 Å². The average Bonchev–Trinajstić information content (AvgIpc) is 2.73. The minimum Gasteiger partial charge on any atom is -0.496 e. The van der Waals surface area contributed by atoms with E-state index >= 15 is 0 Å². The van der Waals surface area contributed by atoms with Crippen LogP contribution < -0.4 is 9.47 Å². The summed E-state index contributed by atoms with van der Waals surface area (Å²) in [5.74, 6) is 1.81. The Kier molecular flexibility index (Phi) is 9.84. The first-order valence-corrected chi connectivity index (χ1v) is 11.5. The van der Waals surface area contributed by atoms with Crippen molar-refractivity contribution >= 4 is 44.0 Å². The topological polar surface area (TPSA) is 66.4 Å². The van der Waals surface area contributed by atoms with Crippen molar-refractivity contribution in [2.24, 2.45) is 11.1 Å². The number of benzene rings is 2. The van der Waals surface area contributed by atoms with Gasteiger partial charge in [-0.05, 0) is 87.5 Å². The lowest BCUT2D eigenvalue weighted by Gasteiger charge is -2.15. The molecule has 2 rings (SSSR count). The Morgan fingerprint density at radius 3 is 2.39 bits per heavy atom. The van der Waals surface area contributed by atoms with Crippen LogP contribution in [0, 0.1) is 5.92 Å². The van der Waals surface area contributed by atoms with Crippen molar-refractivity contribution in [2.75, 3.05) is 20.3 Å². The van der Waals surface area contributed by atoms with E-state index in [-0.39, 0.29) is 18.5 Å². The lowest BCUT2D eigenvalue weighted by atomic mass is 10.0. The number of rotatable bonds is 10. The largest absolute Gasteiger partial charge is 0.496 e. The number of halogens is 2. The van der Waals surface area contributed by atoms with Gasteiger partial charge >= 0.3 is 5.97 Å². The highest BCUT2D eigenvalue weighted by Gasteiger charge is 2.15. The van der Waals surface area contributed by atoms with E-state index < -0.39 is 0 Å². The standard InChI is InChI=1S/C23H27Br2NO5/c1-6-29-23(27)15(4)13-30-26-12-16-9-19(24)22(20(25)10-16)31-17-7-8-21(28-5)18(11-17)14(2)3/h7-12,14-15H,6,13H2,1-5H3/b26-12+. The van der Waals surface area contributed by atoms with Gasteiger partial charge in [-0.1, -0.05) is 19.0 Å². The van der Waals surface area contributed by atoms with Crippen LogP contribution in [0.3, 0.4) is 0 Å².